The van der Waals surface area contributed by atoms with Crippen LogP contribution in [0.4, 0.5) is 4.79 Å². The SMILES string of the molecule is CCC(CC)(/N=N/C1CCCCC1)NC(=O)N(C)Cc1ccccc1. The number of hydrogen-bond acceptors (Lipinski definition) is 3. The first-order valence-corrected chi connectivity index (χ1v) is 9.58. The summed E-state index contributed by atoms with van der Waals surface area (Å²) in [7, 11) is 1.82. The summed E-state index contributed by atoms with van der Waals surface area (Å²) in [4.78, 5) is 14.3. The summed E-state index contributed by atoms with van der Waals surface area (Å²) in [6.07, 6.45) is 7.50. The third kappa shape index (κ3) is 5.83. The van der Waals surface area contributed by atoms with Crippen LogP contribution in [0.25, 0.3) is 0 Å². The summed E-state index contributed by atoms with van der Waals surface area (Å²) < 4.78 is 0. The molecule has 0 heterocycles. The van der Waals surface area contributed by atoms with Gasteiger partial charge in [-0.2, -0.15) is 10.2 Å². The summed E-state index contributed by atoms with van der Waals surface area (Å²) in [5, 5.41) is 12.3. The van der Waals surface area contributed by atoms with Gasteiger partial charge in [0.15, 0.2) is 5.66 Å². The van der Waals surface area contributed by atoms with Crippen LogP contribution in [-0.4, -0.2) is 29.7 Å². The first-order valence-electron chi connectivity index (χ1n) is 9.58. The van der Waals surface area contributed by atoms with E-state index in [0.29, 0.717) is 12.6 Å². The highest BCUT2D eigenvalue weighted by Gasteiger charge is 2.29. The molecule has 1 aromatic carbocycles. The molecule has 0 saturated heterocycles. The van der Waals surface area contributed by atoms with Gasteiger partial charge in [-0.05, 0) is 31.2 Å². The van der Waals surface area contributed by atoms with E-state index in [1.54, 1.807) is 4.90 Å². The van der Waals surface area contributed by atoms with Crippen LogP contribution in [0.15, 0.2) is 40.6 Å². The standard InChI is InChI=1S/C20H32N4O/c1-4-20(5-2,23-22-18-14-10-7-11-15-18)21-19(25)24(3)16-17-12-8-6-9-13-17/h6,8-9,12-13,18H,4-5,7,10-11,14-16H2,1-3H3,(H,21,25)/b23-22+. The minimum absolute atomic E-state index is 0.102. The Hall–Kier alpha value is -1.91. The van der Waals surface area contributed by atoms with E-state index >= 15 is 0 Å². The zero-order valence-corrected chi connectivity index (χ0v) is 15.9. The van der Waals surface area contributed by atoms with Crippen LogP contribution in [0.5, 0.6) is 0 Å². The van der Waals surface area contributed by atoms with E-state index in [4.69, 9.17) is 0 Å². The molecule has 1 saturated carbocycles. The number of nitrogens with zero attached hydrogens (tertiary/aromatic N) is 3. The molecule has 0 aromatic heterocycles. The Morgan fingerprint density at radius 2 is 1.80 bits per heavy atom. The van der Waals surface area contributed by atoms with Crippen molar-refractivity contribution in [1.82, 2.24) is 10.2 Å². The Morgan fingerprint density at radius 1 is 1.16 bits per heavy atom. The van der Waals surface area contributed by atoms with Crippen molar-refractivity contribution < 1.29 is 4.79 Å². The topological polar surface area (TPSA) is 57.1 Å². The van der Waals surface area contributed by atoms with Gasteiger partial charge in [0.05, 0.1) is 6.04 Å². The normalized spacial score (nSPS) is 16.1. The molecule has 1 N–H and O–H groups in total. The zero-order valence-electron chi connectivity index (χ0n) is 15.9. The first-order chi connectivity index (χ1) is 12.1. The van der Waals surface area contributed by atoms with Crippen molar-refractivity contribution in [2.75, 3.05) is 7.05 Å². The highest BCUT2D eigenvalue weighted by molar-refractivity contribution is 5.74. The van der Waals surface area contributed by atoms with Crippen LogP contribution in [0.3, 0.4) is 0 Å². The third-order valence-electron chi connectivity index (χ3n) is 5.11. The lowest BCUT2D eigenvalue weighted by atomic mass is 9.96. The fourth-order valence-corrected chi connectivity index (χ4v) is 3.21. The summed E-state index contributed by atoms with van der Waals surface area (Å²) in [6.45, 7) is 4.69. The van der Waals surface area contributed by atoms with Gasteiger partial charge in [-0.3, -0.25) is 0 Å². The molecule has 0 spiro atoms. The molecule has 0 aliphatic heterocycles. The van der Waals surface area contributed by atoms with Crippen LogP contribution in [0.1, 0.15) is 64.4 Å². The van der Waals surface area contributed by atoms with E-state index in [2.05, 4.69) is 29.4 Å². The Bertz CT molecular complexity index is 548. The van der Waals surface area contributed by atoms with Gasteiger partial charge in [0.2, 0.25) is 0 Å². The summed E-state index contributed by atoms with van der Waals surface area (Å²) >= 11 is 0. The average molecular weight is 345 g/mol. The molecule has 0 atom stereocenters. The molecule has 2 amide bonds. The van der Waals surface area contributed by atoms with Crippen LogP contribution in [0, 0.1) is 0 Å². The zero-order chi connectivity index (χ0) is 18.1. The quantitative estimate of drug-likeness (QED) is 0.685. The molecule has 25 heavy (non-hydrogen) atoms. The Kier molecular flexibility index (Phi) is 7.41. The van der Waals surface area contributed by atoms with Gasteiger partial charge in [0, 0.05) is 13.6 Å². The summed E-state index contributed by atoms with van der Waals surface area (Å²) in [5.74, 6) is 0. The smallest absolute Gasteiger partial charge is 0.319 e. The highest BCUT2D eigenvalue weighted by atomic mass is 16.2. The van der Waals surface area contributed by atoms with E-state index in [0.717, 1.165) is 31.2 Å². The molecular formula is C20H32N4O. The lowest BCUT2D eigenvalue weighted by molar-refractivity contribution is 0.185. The number of carbonyl (C=O) groups excluding carboxylic acids is 1. The van der Waals surface area contributed by atoms with E-state index in [1.165, 1.54) is 19.3 Å². The lowest BCUT2D eigenvalue weighted by Crippen LogP contribution is -2.50. The maximum atomic E-state index is 12.6. The Morgan fingerprint density at radius 3 is 2.40 bits per heavy atom. The van der Waals surface area contributed by atoms with Gasteiger partial charge in [0.25, 0.3) is 0 Å². The fourth-order valence-electron chi connectivity index (χ4n) is 3.21. The van der Waals surface area contributed by atoms with Gasteiger partial charge in [-0.15, -0.1) is 0 Å². The average Bonchev–Trinajstić information content (AvgIpc) is 2.66. The fraction of sp³-hybridized carbons (Fsp3) is 0.650. The molecule has 0 bridgehead atoms. The molecule has 2 rings (SSSR count). The van der Waals surface area contributed by atoms with Crippen molar-refractivity contribution >= 4 is 6.03 Å². The molecule has 0 radical (unpaired) electrons. The van der Waals surface area contributed by atoms with Gasteiger partial charge in [-0.1, -0.05) is 63.4 Å². The Balaban J connectivity index is 1.98. The number of urea groups is 1. The van der Waals surface area contributed by atoms with Gasteiger partial charge < -0.3 is 10.2 Å². The van der Waals surface area contributed by atoms with Crippen LogP contribution in [-0.2, 0) is 6.54 Å². The molecule has 5 heteroatoms. The lowest BCUT2D eigenvalue weighted by Gasteiger charge is -2.31. The number of hydrogen-bond donors (Lipinski definition) is 1. The monoisotopic (exact) mass is 344 g/mol. The molecule has 1 aromatic rings. The van der Waals surface area contributed by atoms with Crippen molar-refractivity contribution in [3.05, 3.63) is 35.9 Å². The van der Waals surface area contributed by atoms with Gasteiger partial charge in [0.1, 0.15) is 0 Å². The van der Waals surface area contributed by atoms with Crippen LogP contribution < -0.4 is 5.32 Å². The van der Waals surface area contributed by atoms with Gasteiger partial charge >= 0.3 is 6.03 Å². The number of carbonyl (C=O) groups is 1. The maximum absolute atomic E-state index is 12.6. The van der Waals surface area contributed by atoms with Gasteiger partial charge in [-0.25, -0.2) is 4.79 Å². The second-order valence-corrected chi connectivity index (χ2v) is 7.02. The molecular weight excluding hydrogens is 312 g/mol. The number of rotatable bonds is 7. The number of nitrogens with one attached hydrogen (secondary N) is 1. The van der Waals surface area contributed by atoms with Crippen LogP contribution >= 0.6 is 0 Å². The number of azo groups is 1. The van der Waals surface area contributed by atoms with E-state index in [9.17, 15) is 4.79 Å². The van der Waals surface area contributed by atoms with E-state index in [-0.39, 0.29) is 6.03 Å². The van der Waals surface area contributed by atoms with Crippen molar-refractivity contribution in [2.45, 2.75) is 77.0 Å². The number of amides is 2. The summed E-state index contributed by atoms with van der Waals surface area (Å²) in [5.41, 5.74) is 0.516. The first kappa shape index (κ1) is 19.4. The highest BCUT2D eigenvalue weighted by Crippen LogP contribution is 2.24. The molecule has 138 valence electrons. The predicted molar refractivity (Wildman–Crippen MR) is 101 cm³/mol. The molecule has 0 unspecified atom stereocenters. The van der Waals surface area contributed by atoms with Crippen molar-refractivity contribution in [2.24, 2.45) is 10.2 Å². The van der Waals surface area contributed by atoms with E-state index in [1.807, 2.05) is 37.4 Å². The predicted octanol–water partition coefficient (Wildman–Crippen LogP) is 5.13. The number of benzene rings is 1. The van der Waals surface area contributed by atoms with Crippen molar-refractivity contribution in [3.63, 3.8) is 0 Å². The maximum Gasteiger partial charge on any atom is 0.319 e. The van der Waals surface area contributed by atoms with Crippen molar-refractivity contribution in [1.29, 1.82) is 0 Å². The second kappa shape index (κ2) is 9.54. The van der Waals surface area contributed by atoms with Crippen LogP contribution in [0.2, 0.25) is 0 Å². The molecule has 1 aliphatic rings. The van der Waals surface area contributed by atoms with Crippen molar-refractivity contribution in [3.8, 4) is 0 Å². The molecule has 1 fully saturated rings. The Labute approximate surface area is 151 Å². The van der Waals surface area contributed by atoms with E-state index < -0.39 is 5.66 Å². The largest absolute Gasteiger partial charge is 0.324 e. The second-order valence-electron chi connectivity index (χ2n) is 7.02. The summed E-state index contributed by atoms with van der Waals surface area (Å²) in [6, 6.07) is 10.2. The molecule has 1 aliphatic carbocycles. The minimum Gasteiger partial charge on any atom is -0.324 e. The third-order valence-corrected chi connectivity index (χ3v) is 5.11. The minimum atomic E-state index is -0.598. The molecule has 5 nitrogen and oxygen atoms in total.